The summed E-state index contributed by atoms with van der Waals surface area (Å²) in [4.78, 5) is 10.4. The first-order valence-electron chi connectivity index (χ1n) is 8.83. The Morgan fingerprint density at radius 2 is 1.53 bits per heavy atom. The average molecular weight is 407 g/mol. The second-order valence-electron chi connectivity index (χ2n) is 6.23. The molecule has 30 heavy (non-hydrogen) atoms. The van der Waals surface area contributed by atoms with Crippen LogP contribution in [0.15, 0.2) is 48.5 Å². The van der Waals surface area contributed by atoms with E-state index in [9.17, 15) is 10.1 Å². The predicted octanol–water partition coefficient (Wildman–Crippen LogP) is 3.39. The van der Waals surface area contributed by atoms with Gasteiger partial charge in [-0.25, -0.2) is 0 Å². The summed E-state index contributed by atoms with van der Waals surface area (Å²) >= 11 is 0. The molecule has 152 valence electrons. The number of hydrogen-bond donors (Lipinski definition) is 0. The summed E-state index contributed by atoms with van der Waals surface area (Å²) in [5.74, 6) is 1.91. The number of fused-ring (bicyclic) bond motifs is 1. The van der Waals surface area contributed by atoms with Crippen LogP contribution in [-0.4, -0.2) is 46.1 Å². The Bertz CT molecular complexity index is 1210. The fraction of sp³-hybridized carbons (Fsp3) is 0.150. The van der Waals surface area contributed by atoms with Gasteiger partial charge < -0.3 is 14.2 Å². The first-order chi connectivity index (χ1) is 14.5. The van der Waals surface area contributed by atoms with Crippen LogP contribution in [0.5, 0.6) is 17.2 Å². The van der Waals surface area contributed by atoms with Crippen molar-refractivity contribution in [1.29, 1.82) is 0 Å². The van der Waals surface area contributed by atoms with Crippen LogP contribution >= 0.6 is 0 Å². The molecule has 0 aliphatic rings. The van der Waals surface area contributed by atoms with Crippen LogP contribution in [-0.2, 0) is 0 Å². The normalized spacial score (nSPS) is 10.8. The Balaban J connectivity index is 1.83. The molecule has 0 aliphatic heterocycles. The Labute approximate surface area is 170 Å². The molecule has 0 atom stereocenters. The molecule has 2 aromatic carbocycles. The summed E-state index contributed by atoms with van der Waals surface area (Å²) in [6.07, 6.45) is 0. The summed E-state index contributed by atoms with van der Waals surface area (Å²) in [5.41, 5.74) is 2.58. The van der Waals surface area contributed by atoms with Crippen molar-refractivity contribution in [2.24, 2.45) is 0 Å². The topological polar surface area (TPSA) is 114 Å². The molecular formula is C20H17N5O5. The van der Waals surface area contributed by atoms with Gasteiger partial charge in [0.1, 0.15) is 0 Å². The quantitative estimate of drug-likeness (QED) is 0.353. The molecule has 0 saturated carbocycles. The molecule has 0 fully saturated rings. The molecule has 2 aromatic heterocycles. The van der Waals surface area contributed by atoms with Gasteiger partial charge in [-0.15, -0.1) is 10.2 Å². The molecule has 10 heteroatoms. The SMILES string of the molecule is COc1cc(-c2nnc3ccc(-c4ccc([N+](=O)[O-])cc4)nn23)cc(OC)c1OC. The number of methoxy groups -OCH3 is 3. The molecule has 2 heterocycles. The van der Waals surface area contributed by atoms with E-state index in [-0.39, 0.29) is 5.69 Å². The van der Waals surface area contributed by atoms with Crippen molar-refractivity contribution in [1.82, 2.24) is 19.8 Å². The second-order valence-corrected chi connectivity index (χ2v) is 6.23. The minimum Gasteiger partial charge on any atom is -0.493 e. The maximum absolute atomic E-state index is 10.9. The minimum absolute atomic E-state index is 0.0160. The smallest absolute Gasteiger partial charge is 0.269 e. The first-order valence-corrected chi connectivity index (χ1v) is 8.83. The van der Waals surface area contributed by atoms with Gasteiger partial charge in [0, 0.05) is 23.3 Å². The number of hydrogen-bond acceptors (Lipinski definition) is 8. The van der Waals surface area contributed by atoms with Crippen molar-refractivity contribution >= 4 is 11.3 Å². The number of rotatable bonds is 6. The Hall–Kier alpha value is -4.21. The third kappa shape index (κ3) is 3.24. The maximum Gasteiger partial charge on any atom is 0.269 e. The van der Waals surface area contributed by atoms with E-state index in [1.165, 1.54) is 33.5 Å². The van der Waals surface area contributed by atoms with Crippen molar-refractivity contribution < 1.29 is 19.1 Å². The third-order valence-corrected chi connectivity index (χ3v) is 4.56. The molecule has 0 amide bonds. The van der Waals surface area contributed by atoms with Gasteiger partial charge in [-0.05, 0) is 36.4 Å². The Kier molecular flexibility index (Phi) is 4.88. The number of benzene rings is 2. The monoisotopic (exact) mass is 407 g/mol. The zero-order valence-corrected chi connectivity index (χ0v) is 16.4. The lowest BCUT2D eigenvalue weighted by atomic mass is 10.1. The van der Waals surface area contributed by atoms with Gasteiger partial charge in [0.25, 0.3) is 5.69 Å². The fourth-order valence-electron chi connectivity index (χ4n) is 3.09. The van der Waals surface area contributed by atoms with Crippen LogP contribution in [0.25, 0.3) is 28.3 Å². The molecule has 0 unspecified atom stereocenters. The number of ether oxygens (including phenoxy) is 3. The van der Waals surface area contributed by atoms with Crippen LogP contribution < -0.4 is 14.2 Å². The lowest BCUT2D eigenvalue weighted by Gasteiger charge is -2.13. The average Bonchev–Trinajstić information content (AvgIpc) is 3.21. The Morgan fingerprint density at radius 1 is 0.867 bits per heavy atom. The summed E-state index contributed by atoms with van der Waals surface area (Å²) < 4.78 is 17.8. The van der Waals surface area contributed by atoms with Crippen LogP contribution in [0.4, 0.5) is 5.69 Å². The summed E-state index contributed by atoms with van der Waals surface area (Å²) in [6.45, 7) is 0. The van der Waals surface area contributed by atoms with Crippen LogP contribution in [0, 0.1) is 10.1 Å². The van der Waals surface area contributed by atoms with Crippen molar-refractivity contribution in [2.45, 2.75) is 0 Å². The van der Waals surface area contributed by atoms with Crippen molar-refractivity contribution in [2.75, 3.05) is 21.3 Å². The largest absolute Gasteiger partial charge is 0.493 e. The molecule has 10 nitrogen and oxygen atoms in total. The molecule has 0 N–H and O–H groups in total. The number of nitrogens with zero attached hydrogens (tertiary/aromatic N) is 5. The highest BCUT2D eigenvalue weighted by Gasteiger charge is 2.18. The van der Waals surface area contributed by atoms with Gasteiger partial charge >= 0.3 is 0 Å². The molecule has 4 aromatic rings. The van der Waals surface area contributed by atoms with Gasteiger partial charge in [-0.3, -0.25) is 10.1 Å². The van der Waals surface area contributed by atoms with Gasteiger partial charge in [0.2, 0.25) is 5.75 Å². The van der Waals surface area contributed by atoms with E-state index in [2.05, 4.69) is 15.3 Å². The highest BCUT2D eigenvalue weighted by molar-refractivity contribution is 5.69. The number of non-ortho nitro benzene ring substituents is 1. The van der Waals surface area contributed by atoms with E-state index >= 15 is 0 Å². The van der Waals surface area contributed by atoms with Crippen LogP contribution in [0.1, 0.15) is 0 Å². The van der Waals surface area contributed by atoms with Crippen molar-refractivity contribution in [3.63, 3.8) is 0 Å². The second kappa shape index (κ2) is 7.66. The van der Waals surface area contributed by atoms with E-state index in [1.54, 1.807) is 40.9 Å². The third-order valence-electron chi connectivity index (χ3n) is 4.56. The molecule has 4 rings (SSSR count). The van der Waals surface area contributed by atoms with Gasteiger partial charge in [-0.1, -0.05) is 0 Å². The maximum atomic E-state index is 10.9. The number of nitro groups is 1. The molecule has 0 saturated heterocycles. The minimum atomic E-state index is -0.442. The van der Waals surface area contributed by atoms with Crippen LogP contribution in [0.2, 0.25) is 0 Å². The standard InChI is InChI=1S/C20H17N5O5/c1-28-16-10-13(11-17(29-2)19(16)30-3)20-22-21-18-9-8-15(23-24(18)20)12-4-6-14(7-5-12)25(26)27/h4-11H,1-3H3. The molecule has 0 aliphatic carbocycles. The highest BCUT2D eigenvalue weighted by Crippen LogP contribution is 2.40. The zero-order chi connectivity index (χ0) is 21.3. The van der Waals surface area contributed by atoms with Crippen LogP contribution in [0.3, 0.4) is 0 Å². The predicted molar refractivity (Wildman–Crippen MR) is 108 cm³/mol. The van der Waals surface area contributed by atoms with E-state index < -0.39 is 4.92 Å². The van der Waals surface area contributed by atoms with E-state index in [0.29, 0.717) is 40.0 Å². The van der Waals surface area contributed by atoms with Gasteiger partial charge in [0.05, 0.1) is 31.9 Å². The summed E-state index contributed by atoms with van der Waals surface area (Å²) in [5, 5.41) is 23.9. The molecule has 0 bridgehead atoms. The van der Waals surface area contributed by atoms with Crippen molar-refractivity contribution in [3.05, 3.63) is 58.6 Å². The lowest BCUT2D eigenvalue weighted by molar-refractivity contribution is -0.384. The summed E-state index contributed by atoms with van der Waals surface area (Å²) in [7, 11) is 4.60. The molecular weight excluding hydrogens is 390 g/mol. The molecule has 0 spiro atoms. The highest BCUT2D eigenvalue weighted by atomic mass is 16.6. The first kappa shape index (κ1) is 19.1. The molecule has 0 radical (unpaired) electrons. The number of nitro benzene ring substituents is 1. The Morgan fingerprint density at radius 3 is 2.10 bits per heavy atom. The lowest BCUT2D eigenvalue weighted by Crippen LogP contribution is -1.99. The van der Waals surface area contributed by atoms with E-state index in [4.69, 9.17) is 14.2 Å². The van der Waals surface area contributed by atoms with E-state index in [1.807, 2.05) is 0 Å². The van der Waals surface area contributed by atoms with Crippen molar-refractivity contribution in [3.8, 4) is 39.9 Å². The summed E-state index contributed by atoms with van der Waals surface area (Å²) in [6, 6.07) is 13.3. The zero-order valence-electron chi connectivity index (χ0n) is 16.4. The van der Waals surface area contributed by atoms with Gasteiger partial charge in [0.15, 0.2) is 23.0 Å². The number of aromatic nitrogens is 4. The fourth-order valence-corrected chi connectivity index (χ4v) is 3.09. The van der Waals surface area contributed by atoms with Gasteiger partial charge in [-0.2, -0.15) is 9.61 Å². The van der Waals surface area contributed by atoms with E-state index in [0.717, 1.165) is 5.56 Å².